The highest BCUT2D eigenvalue weighted by atomic mass is 16.5. The van der Waals surface area contributed by atoms with Gasteiger partial charge in [-0.05, 0) is 18.2 Å². The summed E-state index contributed by atoms with van der Waals surface area (Å²) in [4.78, 5) is 11.1. The molecule has 18 heavy (non-hydrogen) atoms. The number of benzene rings is 1. The maximum absolute atomic E-state index is 11.1. The average molecular weight is 251 g/mol. The molecule has 98 valence electrons. The van der Waals surface area contributed by atoms with E-state index in [4.69, 9.17) is 9.47 Å². The fraction of sp³-hybridized carbons (Fsp3) is 0.462. The summed E-state index contributed by atoms with van der Waals surface area (Å²) in [5.41, 5.74) is 0.644. The zero-order chi connectivity index (χ0) is 13.1. The lowest BCUT2D eigenvalue weighted by molar-refractivity contribution is -0.120. The summed E-state index contributed by atoms with van der Waals surface area (Å²) in [7, 11) is 1.57. The summed E-state index contributed by atoms with van der Waals surface area (Å²) in [5.74, 6) is 1.13. The first-order valence-corrected chi connectivity index (χ1v) is 5.87. The van der Waals surface area contributed by atoms with Crippen LogP contribution in [0.1, 0.15) is 25.0 Å². The molecule has 5 heteroatoms. The molecule has 0 aromatic heterocycles. The monoisotopic (exact) mass is 251 g/mol. The highest BCUT2D eigenvalue weighted by molar-refractivity contribution is 5.73. The maximum Gasteiger partial charge on any atom is 0.217 e. The number of aliphatic hydroxyl groups excluding tert-OH is 1. The van der Waals surface area contributed by atoms with Crippen LogP contribution in [-0.2, 0) is 4.79 Å². The second kappa shape index (κ2) is 5.27. The largest absolute Gasteiger partial charge is 0.497 e. The van der Waals surface area contributed by atoms with Crippen LogP contribution in [0, 0.1) is 0 Å². The fourth-order valence-corrected chi connectivity index (χ4v) is 2.10. The molecule has 1 aromatic carbocycles. The minimum absolute atomic E-state index is 0.162. The van der Waals surface area contributed by atoms with Crippen molar-refractivity contribution in [1.29, 1.82) is 0 Å². The summed E-state index contributed by atoms with van der Waals surface area (Å²) < 4.78 is 10.7. The van der Waals surface area contributed by atoms with Gasteiger partial charge in [-0.25, -0.2) is 0 Å². The van der Waals surface area contributed by atoms with Crippen LogP contribution < -0.4 is 14.8 Å². The van der Waals surface area contributed by atoms with E-state index in [-0.39, 0.29) is 11.9 Å². The van der Waals surface area contributed by atoms with Crippen LogP contribution in [0.2, 0.25) is 0 Å². The van der Waals surface area contributed by atoms with Crippen LogP contribution in [-0.4, -0.2) is 30.8 Å². The fourth-order valence-electron chi connectivity index (χ4n) is 2.10. The Labute approximate surface area is 106 Å². The number of carbonyl (C=O) groups is 1. The lowest BCUT2D eigenvalue weighted by atomic mass is 10.00. The molecular weight excluding hydrogens is 234 g/mol. The topological polar surface area (TPSA) is 67.8 Å². The van der Waals surface area contributed by atoms with E-state index in [1.54, 1.807) is 25.3 Å². The van der Waals surface area contributed by atoms with E-state index in [0.717, 1.165) is 0 Å². The third kappa shape index (κ3) is 2.56. The lowest BCUT2D eigenvalue weighted by Gasteiger charge is -2.21. The van der Waals surface area contributed by atoms with Gasteiger partial charge in [0.15, 0.2) is 0 Å². The summed E-state index contributed by atoms with van der Waals surface area (Å²) >= 11 is 0. The van der Waals surface area contributed by atoms with Crippen molar-refractivity contribution in [2.24, 2.45) is 0 Å². The van der Waals surface area contributed by atoms with Gasteiger partial charge in [0.2, 0.25) is 5.91 Å². The average Bonchev–Trinajstić information content (AvgIpc) is 2.49. The molecule has 1 aliphatic heterocycles. The van der Waals surface area contributed by atoms with Gasteiger partial charge in [0, 0.05) is 18.9 Å². The quantitative estimate of drug-likeness (QED) is 0.823. The van der Waals surface area contributed by atoms with Crippen LogP contribution in [0.3, 0.4) is 0 Å². The predicted molar refractivity (Wildman–Crippen MR) is 65.7 cm³/mol. The van der Waals surface area contributed by atoms with Gasteiger partial charge in [-0.2, -0.15) is 0 Å². The second-order valence-electron chi connectivity index (χ2n) is 4.29. The van der Waals surface area contributed by atoms with E-state index in [2.05, 4.69) is 5.32 Å². The van der Waals surface area contributed by atoms with Crippen LogP contribution >= 0.6 is 0 Å². The van der Waals surface area contributed by atoms with Crippen molar-refractivity contribution in [3.05, 3.63) is 23.8 Å². The molecule has 1 heterocycles. The number of amides is 1. The number of fused-ring (bicyclic) bond motifs is 1. The Hall–Kier alpha value is -1.75. The molecule has 2 atom stereocenters. The molecule has 2 rings (SSSR count). The van der Waals surface area contributed by atoms with Crippen molar-refractivity contribution in [2.75, 3.05) is 13.7 Å². The van der Waals surface area contributed by atoms with Gasteiger partial charge >= 0.3 is 0 Å². The van der Waals surface area contributed by atoms with Gasteiger partial charge in [-0.15, -0.1) is 0 Å². The first-order valence-electron chi connectivity index (χ1n) is 5.87. The third-order valence-electron chi connectivity index (χ3n) is 2.99. The number of carbonyl (C=O) groups excluding carboxylic acids is 1. The van der Waals surface area contributed by atoms with Crippen LogP contribution in [0.25, 0.3) is 0 Å². The van der Waals surface area contributed by atoms with Gasteiger partial charge in [0.1, 0.15) is 17.6 Å². The van der Waals surface area contributed by atoms with Crippen molar-refractivity contribution >= 4 is 5.91 Å². The van der Waals surface area contributed by atoms with Crippen LogP contribution in [0.4, 0.5) is 0 Å². The van der Waals surface area contributed by atoms with Gasteiger partial charge in [-0.1, -0.05) is 0 Å². The van der Waals surface area contributed by atoms with Crippen molar-refractivity contribution in [1.82, 2.24) is 5.32 Å². The van der Waals surface area contributed by atoms with Gasteiger partial charge in [-0.3, -0.25) is 4.79 Å². The van der Waals surface area contributed by atoms with Gasteiger partial charge in [0.25, 0.3) is 0 Å². The van der Waals surface area contributed by atoms with E-state index in [9.17, 15) is 9.90 Å². The Balaban J connectivity index is 2.31. The first-order chi connectivity index (χ1) is 8.61. The zero-order valence-electron chi connectivity index (χ0n) is 10.5. The first kappa shape index (κ1) is 12.7. The molecule has 0 spiro atoms. The number of aliphatic hydroxyl groups is 1. The Morgan fingerprint density at radius 2 is 2.33 bits per heavy atom. The number of rotatable bonds is 2. The van der Waals surface area contributed by atoms with Crippen LogP contribution in [0.5, 0.6) is 11.5 Å². The number of hydrogen-bond donors (Lipinski definition) is 2. The molecule has 1 aromatic rings. The molecule has 2 N–H and O–H groups in total. The molecule has 0 unspecified atom stereocenters. The number of nitrogens with one attached hydrogen (secondary N) is 1. The van der Waals surface area contributed by atoms with Crippen molar-refractivity contribution in [3.8, 4) is 11.5 Å². The Kier molecular flexibility index (Phi) is 3.72. The summed E-state index contributed by atoms with van der Waals surface area (Å²) in [6.45, 7) is 1.90. The van der Waals surface area contributed by atoms with E-state index in [1.807, 2.05) is 0 Å². The third-order valence-corrected chi connectivity index (χ3v) is 2.99. The number of ether oxygens (including phenoxy) is 2. The van der Waals surface area contributed by atoms with Crippen molar-refractivity contribution < 1.29 is 19.4 Å². The summed E-state index contributed by atoms with van der Waals surface area (Å²) in [6, 6.07) is 4.95. The molecule has 0 saturated carbocycles. The number of methoxy groups -OCH3 is 1. The minimum Gasteiger partial charge on any atom is -0.497 e. The van der Waals surface area contributed by atoms with Gasteiger partial charge < -0.3 is 19.9 Å². The Morgan fingerprint density at radius 1 is 1.56 bits per heavy atom. The predicted octanol–water partition coefficient (Wildman–Crippen LogP) is 1.02. The molecule has 0 fully saturated rings. The normalized spacial score (nSPS) is 22.4. The minimum atomic E-state index is -0.790. The highest BCUT2D eigenvalue weighted by Crippen LogP contribution is 2.34. The standard InChI is InChI=1S/C13H17NO4/c1-8(15)14-11-5-6-18-12-4-3-9(17-2)7-10(12)13(11)16/h3-4,7,11,13,16H,5-6H2,1-2H3,(H,14,15)/t11-,13+/m1/s1. The molecule has 1 aliphatic rings. The van der Waals surface area contributed by atoms with E-state index >= 15 is 0 Å². The van der Waals surface area contributed by atoms with Crippen molar-refractivity contribution in [2.45, 2.75) is 25.5 Å². The molecule has 0 saturated heterocycles. The van der Waals surface area contributed by atoms with E-state index < -0.39 is 6.10 Å². The van der Waals surface area contributed by atoms with Gasteiger partial charge in [0.05, 0.1) is 19.8 Å². The SMILES string of the molecule is COc1ccc2c(c1)[C@H](O)[C@H](NC(C)=O)CCO2. The molecular formula is C13H17NO4. The second-order valence-corrected chi connectivity index (χ2v) is 4.29. The zero-order valence-corrected chi connectivity index (χ0v) is 10.5. The Bertz CT molecular complexity index is 447. The van der Waals surface area contributed by atoms with E-state index in [1.165, 1.54) is 6.92 Å². The van der Waals surface area contributed by atoms with Crippen molar-refractivity contribution in [3.63, 3.8) is 0 Å². The smallest absolute Gasteiger partial charge is 0.217 e. The highest BCUT2D eigenvalue weighted by Gasteiger charge is 2.28. The number of hydrogen-bond acceptors (Lipinski definition) is 4. The maximum atomic E-state index is 11.1. The van der Waals surface area contributed by atoms with Crippen LogP contribution in [0.15, 0.2) is 18.2 Å². The molecule has 1 amide bonds. The summed E-state index contributed by atoms with van der Waals surface area (Å²) in [6.07, 6.45) is -0.223. The molecule has 5 nitrogen and oxygen atoms in total. The van der Waals surface area contributed by atoms with E-state index in [0.29, 0.717) is 30.1 Å². The Morgan fingerprint density at radius 3 is 3.00 bits per heavy atom. The molecule has 0 aliphatic carbocycles. The molecule has 0 bridgehead atoms. The summed E-state index contributed by atoms with van der Waals surface area (Å²) in [5, 5.41) is 13.1. The molecule has 0 radical (unpaired) electrons. The lowest BCUT2D eigenvalue weighted by Crippen LogP contribution is -2.38.